The van der Waals surface area contributed by atoms with Crippen LogP contribution in [-0.4, -0.2) is 24.9 Å². The van der Waals surface area contributed by atoms with Crippen LogP contribution in [0.25, 0.3) is 0 Å². The average Bonchev–Trinajstić information content (AvgIpc) is 2.51. The van der Waals surface area contributed by atoms with Gasteiger partial charge in [0.25, 0.3) is 0 Å². The molecule has 0 radical (unpaired) electrons. The number of benzene rings is 1. The molecule has 0 bridgehead atoms. The number of anilines is 1. The fourth-order valence-corrected chi connectivity index (χ4v) is 2.53. The van der Waals surface area contributed by atoms with Crippen LogP contribution in [0.3, 0.4) is 0 Å². The first-order valence-electron chi connectivity index (χ1n) is 6.26. The molecule has 2 amide bonds. The molecule has 1 heterocycles. The summed E-state index contributed by atoms with van der Waals surface area (Å²) in [6.07, 6.45) is 0. The monoisotopic (exact) mass is 280 g/mol. The summed E-state index contributed by atoms with van der Waals surface area (Å²) in [5.41, 5.74) is 0.993. The number of fused-ring (bicyclic) bond motifs is 1. The maximum atomic E-state index is 12.4. The average molecular weight is 281 g/mol. The van der Waals surface area contributed by atoms with E-state index in [1.165, 1.54) is 4.90 Å². The van der Waals surface area contributed by atoms with Crippen LogP contribution in [0.4, 0.5) is 5.69 Å². The summed E-state index contributed by atoms with van der Waals surface area (Å²) in [4.78, 5) is 25.7. The predicted molar refractivity (Wildman–Crippen MR) is 75.5 cm³/mol. The lowest BCUT2D eigenvalue weighted by Crippen LogP contribution is -2.42. The van der Waals surface area contributed by atoms with E-state index in [0.29, 0.717) is 11.6 Å². The maximum Gasteiger partial charge on any atom is 0.240 e. The molecule has 5 heteroatoms. The SMILES string of the molecule is CCNC(=O)CN1C(=O)C(C)(C)c2cc(Cl)ccc21. The molecule has 0 fully saturated rings. The van der Waals surface area contributed by atoms with Crippen LogP contribution in [0.15, 0.2) is 18.2 Å². The Morgan fingerprint density at radius 1 is 1.42 bits per heavy atom. The molecule has 0 atom stereocenters. The Labute approximate surface area is 117 Å². The van der Waals surface area contributed by atoms with Crippen molar-refractivity contribution in [2.75, 3.05) is 18.0 Å². The molecule has 0 unspecified atom stereocenters. The van der Waals surface area contributed by atoms with Gasteiger partial charge in [-0.2, -0.15) is 0 Å². The van der Waals surface area contributed by atoms with E-state index < -0.39 is 5.41 Å². The van der Waals surface area contributed by atoms with E-state index in [9.17, 15) is 9.59 Å². The number of carbonyl (C=O) groups is 2. The number of nitrogens with zero attached hydrogens (tertiary/aromatic N) is 1. The molecule has 1 aliphatic rings. The van der Waals surface area contributed by atoms with Crippen LogP contribution in [0.1, 0.15) is 26.3 Å². The topological polar surface area (TPSA) is 49.4 Å². The summed E-state index contributed by atoms with van der Waals surface area (Å²) in [6.45, 7) is 6.15. The van der Waals surface area contributed by atoms with E-state index >= 15 is 0 Å². The molecule has 0 saturated carbocycles. The molecule has 1 aliphatic heterocycles. The lowest BCUT2D eigenvalue weighted by Gasteiger charge is -2.19. The van der Waals surface area contributed by atoms with Gasteiger partial charge in [0.05, 0.1) is 5.41 Å². The zero-order valence-corrected chi connectivity index (χ0v) is 12.0. The summed E-state index contributed by atoms with van der Waals surface area (Å²) in [5.74, 6) is -0.231. The van der Waals surface area contributed by atoms with Crippen LogP contribution in [0.5, 0.6) is 0 Å². The number of carbonyl (C=O) groups excluding carboxylic acids is 2. The van der Waals surface area contributed by atoms with E-state index in [-0.39, 0.29) is 18.4 Å². The highest BCUT2D eigenvalue weighted by atomic mass is 35.5. The second kappa shape index (κ2) is 4.85. The van der Waals surface area contributed by atoms with Crippen molar-refractivity contribution in [3.05, 3.63) is 28.8 Å². The van der Waals surface area contributed by atoms with Gasteiger partial charge in [-0.3, -0.25) is 9.59 Å². The fourth-order valence-electron chi connectivity index (χ4n) is 2.36. The molecule has 102 valence electrons. The van der Waals surface area contributed by atoms with Crippen molar-refractivity contribution in [3.63, 3.8) is 0 Å². The predicted octanol–water partition coefficient (Wildman–Crippen LogP) is 2.10. The number of likely N-dealkylation sites (N-methyl/N-ethyl adjacent to an activating group) is 1. The zero-order valence-electron chi connectivity index (χ0n) is 11.3. The summed E-state index contributed by atoms with van der Waals surface area (Å²) >= 11 is 5.99. The van der Waals surface area contributed by atoms with E-state index in [2.05, 4.69) is 5.32 Å². The number of hydrogen-bond donors (Lipinski definition) is 1. The van der Waals surface area contributed by atoms with Gasteiger partial charge in [-0.05, 0) is 44.5 Å². The van der Waals surface area contributed by atoms with Gasteiger partial charge in [-0.25, -0.2) is 0 Å². The third-order valence-corrected chi connectivity index (χ3v) is 3.61. The van der Waals surface area contributed by atoms with Gasteiger partial charge < -0.3 is 10.2 Å². The summed E-state index contributed by atoms with van der Waals surface area (Å²) in [5, 5.41) is 3.30. The number of nitrogens with one attached hydrogen (secondary N) is 1. The normalized spacial score (nSPS) is 16.4. The Balaban J connectivity index is 2.38. The lowest BCUT2D eigenvalue weighted by atomic mass is 9.86. The molecule has 19 heavy (non-hydrogen) atoms. The first-order chi connectivity index (χ1) is 8.87. The highest BCUT2D eigenvalue weighted by molar-refractivity contribution is 6.31. The van der Waals surface area contributed by atoms with Crippen LogP contribution in [-0.2, 0) is 15.0 Å². The van der Waals surface area contributed by atoms with E-state index in [4.69, 9.17) is 11.6 Å². The Morgan fingerprint density at radius 2 is 2.11 bits per heavy atom. The minimum Gasteiger partial charge on any atom is -0.355 e. The van der Waals surface area contributed by atoms with Gasteiger partial charge in [0.1, 0.15) is 6.54 Å². The Hall–Kier alpha value is -1.55. The molecule has 0 saturated heterocycles. The highest BCUT2D eigenvalue weighted by Crippen LogP contribution is 2.42. The van der Waals surface area contributed by atoms with Crippen LogP contribution in [0, 0.1) is 0 Å². The van der Waals surface area contributed by atoms with E-state index in [0.717, 1.165) is 11.3 Å². The van der Waals surface area contributed by atoms with Crippen molar-refractivity contribution in [2.45, 2.75) is 26.2 Å². The molecule has 1 N–H and O–H groups in total. The Morgan fingerprint density at radius 3 is 2.74 bits per heavy atom. The van der Waals surface area contributed by atoms with Crippen molar-refractivity contribution >= 4 is 29.1 Å². The fraction of sp³-hybridized carbons (Fsp3) is 0.429. The van der Waals surface area contributed by atoms with Crippen molar-refractivity contribution in [1.82, 2.24) is 5.32 Å². The first-order valence-corrected chi connectivity index (χ1v) is 6.64. The largest absolute Gasteiger partial charge is 0.355 e. The molecule has 0 aromatic heterocycles. The number of amides is 2. The van der Waals surface area contributed by atoms with E-state index in [1.807, 2.05) is 20.8 Å². The molecular weight excluding hydrogens is 264 g/mol. The molecular formula is C14H17ClN2O2. The van der Waals surface area contributed by atoms with E-state index in [1.54, 1.807) is 18.2 Å². The quantitative estimate of drug-likeness (QED) is 0.922. The molecule has 1 aromatic carbocycles. The lowest BCUT2D eigenvalue weighted by molar-refractivity contribution is -0.125. The maximum absolute atomic E-state index is 12.4. The van der Waals surface area contributed by atoms with Gasteiger partial charge in [-0.1, -0.05) is 11.6 Å². The van der Waals surface area contributed by atoms with Crippen molar-refractivity contribution in [3.8, 4) is 0 Å². The first kappa shape index (κ1) is 13.9. The Bertz CT molecular complexity index is 540. The van der Waals surface area contributed by atoms with Crippen molar-refractivity contribution < 1.29 is 9.59 Å². The summed E-state index contributed by atoms with van der Waals surface area (Å²) < 4.78 is 0. The highest BCUT2D eigenvalue weighted by Gasteiger charge is 2.44. The molecule has 0 spiro atoms. The second-order valence-electron chi connectivity index (χ2n) is 5.13. The Kier molecular flexibility index (Phi) is 3.54. The molecule has 2 rings (SSSR count). The standard InChI is InChI=1S/C14H17ClN2O2/c1-4-16-12(18)8-17-11-6-5-9(15)7-10(11)14(2,3)13(17)19/h5-7H,4,8H2,1-3H3,(H,16,18). The molecule has 4 nitrogen and oxygen atoms in total. The third-order valence-electron chi connectivity index (χ3n) is 3.38. The zero-order chi connectivity index (χ0) is 14.2. The third kappa shape index (κ3) is 2.32. The van der Waals surface area contributed by atoms with Crippen LogP contribution in [0.2, 0.25) is 5.02 Å². The van der Waals surface area contributed by atoms with Crippen LogP contribution < -0.4 is 10.2 Å². The number of halogens is 1. The van der Waals surface area contributed by atoms with Gasteiger partial charge in [0.15, 0.2) is 0 Å². The van der Waals surface area contributed by atoms with Gasteiger partial charge >= 0.3 is 0 Å². The van der Waals surface area contributed by atoms with Crippen molar-refractivity contribution in [1.29, 1.82) is 0 Å². The van der Waals surface area contributed by atoms with Crippen molar-refractivity contribution in [2.24, 2.45) is 0 Å². The summed E-state index contributed by atoms with van der Waals surface area (Å²) in [6, 6.07) is 5.33. The van der Waals surface area contributed by atoms with Crippen LogP contribution >= 0.6 is 11.6 Å². The van der Waals surface area contributed by atoms with Gasteiger partial charge in [0, 0.05) is 17.3 Å². The molecule has 0 aliphatic carbocycles. The van der Waals surface area contributed by atoms with Gasteiger partial charge in [0.2, 0.25) is 11.8 Å². The minimum absolute atomic E-state index is 0.0464. The van der Waals surface area contributed by atoms with Gasteiger partial charge in [-0.15, -0.1) is 0 Å². The number of hydrogen-bond acceptors (Lipinski definition) is 2. The second-order valence-corrected chi connectivity index (χ2v) is 5.57. The number of rotatable bonds is 3. The molecule has 1 aromatic rings. The summed E-state index contributed by atoms with van der Waals surface area (Å²) in [7, 11) is 0. The minimum atomic E-state index is -0.646. The smallest absolute Gasteiger partial charge is 0.240 e.